The molecule has 88 valence electrons. The first-order chi connectivity index (χ1) is 8.33. The first-order valence-corrected chi connectivity index (χ1v) is 5.87. The van der Waals surface area contributed by atoms with Gasteiger partial charge >= 0.3 is 0 Å². The third-order valence-electron chi connectivity index (χ3n) is 2.68. The Labute approximate surface area is 103 Å². The third kappa shape index (κ3) is 2.08. The molecule has 0 atom stereocenters. The Morgan fingerprint density at radius 2 is 1.82 bits per heavy atom. The summed E-state index contributed by atoms with van der Waals surface area (Å²) >= 11 is 5.92. The molecule has 0 N–H and O–H groups in total. The van der Waals surface area contributed by atoms with Crippen molar-refractivity contribution >= 4 is 17.5 Å². The monoisotopic (exact) mass is 250 g/mol. The van der Waals surface area contributed by atoms with Gasteiger partial charge in [0.15, 0.2) is 0 Å². The van der Waals surface area contributed by atoms with Gasteiger partial charge in [-0.05, 0) is 30.5 Å². The number of hydrogen-bond donors (Lipinski definition) is 0. The number of aromatic nitrogens is 5. The molecule has 3 heterocycles. The van der Waals surface area contributed by atoms with Crippen LogP contribution in [-0.4, -0.2) is 37.8 Å². The number of anilines is 1. The molecule has 3 rings (SSSR count). The van der Waals surface area contributed by atoms with Crippen molar-refractivity contribution in [3.05, 3.63) is 23.7 Å². The lowest BCUT2D eigenvalue weighted by atomic mass is 10.4. The molecule has 1 saturated heterocycles. The standard InChI is InChI=1S/C10H11ClN6/c11-8-13-9(16-5-1-2-6-16)15-10(14-8)17-7-3-4-12-17/h3-4,7H,1-2,5-6H2. The number of hydrogen-bond acceptors (Lipinski definition) is 5. The highest BCUT2D eigenvalue weighted by Crippen LogP contribution is 2.17. The molecule has 0 bridgehead atoms. The van der Waals surface area contributed by atoms with Crippen LogP contribution in [0.15, 0.2) is 18.5 Å². The van der Waals surface area contributed by atoms with E-state index in [0.29, 0.717) is 11.9 Å². The summed E-state index contributed by atoms with van der Waals surface area (Å²) in [5.74, 6) is 1.09. The Balaban J connectivity index is 2.00. The van der Waals surface area contributed by atoms with Gasteiger partial charge in [-0.2, -0.15) is 20.1 Å². The van der Waals surface area contributed by atoms with Crippen LogP contribution >= 0.6 is 11.6 Å². The van der Waals surface area contributed by atoms with Crippen LogP contribution in [0.5, 0.6) is 0 Å². The summed E-state index contributed by atoms with van der Waals surface area (Å²) in [5.41, 5.74) is 0. The van der Waals surface area contributed by atoms with E-state index in [4.69, 9.17) is 11.6 Å². The molecular weight excluding hydrogens is 240 g/mol. The van der Waals surface area contributed by atoms with Crippen molar-refractivity contribution in [1.29, 1.82) is 0 Å². The first kappa shape index (κ1) is 10.5. The molecule has 17 heavy (non-hydrogen) atoms. The summed E-state index contributed by atoms with van der Waals surface area (Å²) in [6.07, 6.45) is 5.79. The Kier molecular flexibility index (Phi) is 2.64. The predicted molar refractivity (Wildman–Crippen MR) is 63.4 cm³/mol. The van der Waals surface area contributed by atoms with Crippen LogP contribution in [0.25, 0.3) is 5.95 Å². The molecule has 7 heteroatoms. The SMILES string of the molecule is Clc1nc(N2CCCC2)nc(-n2cccn2)n1. The van der Waals surface area contributed by atoms with Crippen LogP contribution in [0.1, 0.15) is 12.8 Å². The number of nitrogens with zero attached hydrogens (tertiary/aromatic N) is 6. The van der Waals surface area contributed by atoms with Crippen LogP contribution in [0, 0.1) is 0 Å². The molecular formula is C10H11ClN6. The van der Waals surface area contributed by atoms with Gasteiger partial charge in [0.25, 0.3) is 5.95 Å². The zero-order valence-corrected chi connectivity index (χ0v) is 9.88. The van der Waals surface area contributed by atoms with Gasteiger partial charge in [0.2, 0.25) is 11.2 Å². The fourth-order valence-corrected chi connectivity index (χ4v) is 2.03. The van der Waals surface area contributed by atoms with Crippen molar-refractivity contribution in [2.45, 2.75) is 12.8 Å². The van der Waals surface area contributed by atoms with Crippen molar-refractivity contribution in [2.24, 2.45) is 0 Å². The van der Waals surface area contributed by atoms with E-state index >= 15 is 0 Å². The molecule has 0 spiro atoms. The summed E-state index contributed by atoms with van der Waals surface area (Å²) in [6.45, 7) is 1.94. The van der Waals surface area contributed by atoms with Crippen LogP contribution < -0.4 is 4.90 Å². The average Bonchev–Trinajstić information content (AvgIpc) is 3.02. The van der Waals surface area contributed by atoms with Gasteiger partial charge in [-0.3, -0.25) is 0 Å². The molecule has 6 nitrogen and oxygen atoms in total. The maximum atomic E-state index is 5.92. The Morgan fingerprint density at radius 3 is 2.53 bits per heavy atom. The van der Waals surface area contributed by atoms with Crippen molar-refractivity contribution < 1.29 is 0 Å². The summed E-state index contributed by atoms with van der Waals surface area (Å²) in [6, 6.07) is 1.81. The number of rotatable bonds is 2. The van der Waals surface area contributed by atoms with Gasteiger partial charge in [-0.15, -0.1) is 0 Å². The normalized spacial score (nSPS) is 15.5. The summed E-state index contributed by atoms with van der Waals surface area (Å²) < 4.78 is 1.58. The zero-order chi connectivity index (χ0) is 11.7. The highest BCUT2D eigenvalue weighted by Gasteiger charge is 2.17. The first-order valence-electron chi connectivity index (χ1n) is 5.49. The second-order valence-corrected chi connectivity index (χ2v) is 4.19. The van der Waals surface area contributed by atoms with Gasteiger partial charge in [-0.25, -0.2) is 4.68 Å². The molecule has 1 fully saturated rings. The molecule has 2 aromatic rings. The second-order valence-electron chi connectivity index (χ2n) is 3.85. The Hall–Kier alpha value is -1.69. The van der Waals surface area contributed by atoms with Crippen molar-refractivity contribution in [3.63, 3.8) is 0 Å². The molecule has 0 saturated carbocycles. The van der Waals surface area contributed by atoms with Crippen molar-refractivity contribution in [3.8, 4) is 5.95 Å². The van der Waals surface area contributed by atoms with E-state index in [0.717, 1.165) is 13.1 Å². The molecule has 1 aliphatic rings. The topological polar surface area (TPSA) is 59.7 Å². The lowest BCUT2D eigenvalue weighted by molar-refractivity contribution is 0.778. The molecule has 0 aliphatic carbocycles. The van der Waals surface area contributed by atoms with E-state index in [1.54, 1.807) is 17.1 Å². The molecule has 1 aliphatic heterocycles. The average molecular weight is 251 g/mol. The lowest BCUT2D eigenvalue weighted by Crippen LogP contribution is -2.21. The van der Waals surface area contributed by atoms with E-state index in [1.165, 1.54) is 12.8 Å². The third-order valence-corrected chi connectivity index (χ3v) is 2.85. The van der Waals surface area contributed by atoms with Crippen LogP contribution in [0.3, 0.4) is 0 Å². The minimum absolute atomic E-state index is 0.201. The minimum Gasteiger partial charge on any atom is -0.341 e. The Bertz CT molecular complexity index is 506. The molecule has 0 aromatic carbocycles. The van der Waals surface area contributed by atoms with Gasteiger partial charge in [0.1, 0.15) is 0 Å². The summed E-state index contributed by atoms with van der Waals surface area (Å²) in [7, 11) is 0. The lowest BCUT2D eigenvalue weighted by Gasteiger charge is -2.15. The number of halogens is 1. The molecule has 0 radical (unpaired) electrons. The minimum atomic E-state index is 0.201. The fourth-order valence-electron chi connectivity index (χ4n) is 1.88. The second kappa shape index (κ2) is 4.29. The van der Waals surface area contributed by atoms with Crippen molar-refractivity contribution in [1.82, 2.24) is 24.7 Å². The van der Waals surface area contributed by atoms with Crippen LogP contribution in [-0.2, 0) is 0 Å². The maximum absolute atomic E-state index is 5.92. The van der Waals surface area contributed by atoms with E-state index < -0.39 is 0 Å². The largest absolute Gasteiger partial charge is 0.341 e. The Morgan fingerprint density at radius 1 is 1.06 bits per heavy atom. The smallest absolute Gasteiger partial charge is 0.256 e. The highest BCUT2D eigenvalue weighted by molar-refractivity contribution is 6.28. The predicted octanol–water partition coefficient (Wildman–Crippen LogP) is 1.31. The summed E-state index contributed by atoms with van der Waals surface area (Å²) in [5, 5.41) is 4.28. The molecule has 2 aromatic heterocycles. The highest BCUT2D eigenvalue weighted by atomic mass is 35.5. The van der Waals surface area contributed by atoms with Crippen molar-refractivity contribution in [2.75, 3.05) is 18.0 Å². The van der Waals surface area contributed by atoms with Gasteiger partial charge in [0, 0.05) is 25.5 Å². The van der Waals surface area contributed by atoms with Crippen LogP contribution in [0.4, 0.5) is 5.95 Å². The molecule has 0 amide bonds. The zero-order valence-electron chi connectivity index (χ0n) is 9.12. The quantitative estimate of drug-likeness (QED) is 0.804. The van der Waals surface area contributed by atoms with E-state index in [9.17, 15) is 0 Å². The van der Waals surface area contributed by atoms with Crippen LogP contribution in [0.2, 0.25) is 5.28 Å². The fraction of sp³-hybridized carbons (Fsp3) is 0.400. The van der Waals surface area contributed by atoms with Gasteiger partial charge in [-0.1, -0.05) is 0 Å². The van der Waals surface area contributed by atoms with Gasteiger partial charge < -0.3 is 4.90 Å². The summed E-state index contributed by atoms with van der Waals surface area (Å²) in [4.78, 5) is 14.7. The maximum Gasteiger partial charge on any atom is 0.256 e. The van der Waals surface area contributed by atoms with E-state index in [2.05, 4.69) is 25.0 Å². The van der Waals surface area contributed by atoms with Gasteiger partial charge in [0.05, 0.1) is 0 Å². The van der Waals surface area contributed by atoms with E-state index in [1.807, 2.05) is 6.07 Å². The molecule has 0 unspecified atom stereocenters. The van der Waals surface area contributed by atoms with E-state index in [-0.39, 0.29) is 5.28 Å².